The normalized spacial score (nSPS) is 16.8. The van der Waals surface area contributed by atoms with E-state index >= 15 is 0 Å². The quantitative estimate of drug-likeness (QED) is 0.362. The SMILES string of the molecule is Cc1cc(CNC(=O)c2cc(C(=O)N[C@@H]3c4ccc(Br)cc4C[C@H]3O)n3nccc3n2)ccc1F. The molecular formula is C25H21BrFN5O3. The van der Waals surface area contributed by atoms with Crippen LogP contribution in [0.3, 0.4) is 0 Å². The maximum absolute atomic E-state index is 13.5. The van der Waals surface area contributed by atoms with Gasteiger partial charge in [-0.05, 0) is 47.4 Å². The lowest BCUT2D eigenvalue weighted by Crippen LogP contribution is -2.35. The van der Waals surface area contributed by atoms with Crippen molar-refractivity contribution in [1.82, 2.24) is 25.2 Å². The van der Waals surface area contributed by atoms with Gasteiger partial charge < -0.3 is 15.7 Å². The van der Waals surface area contributed by atoms with Crippen molar-refractivity contribution in [3.63, 3.8) is 0 Å². The molecule has 0 bridgehead atoms. The van der Waals surface area contributed by atoms with Crippen LogP contribution in [-0.2, 0) is 13.0 Å². The van der Waals surface area contributed by atoms with Gasteiger partial charge in [0.2, 0.25) is 0 Å². The summed E-state index contributed by atoms with van der Waals surface area (Å²) in [5.41, 5.74) is 3.49. The molecule has 8 nitrogen and oxygen atoms in total. The number of nitrogens with one attached hydrogen (secondary N) is 2. The monoisotopic (exact) mass is 537 g/mol. The number of rotatable bonds is 5. The van der Waals surface area contributed by atoms with E-state index in [0.29, 0.717) is 17.6 Å². The molecule has 2 aromatic carbocycles. The zero-order valence-corrected chi connectivity index (χ0v) is 20.2. The number of carbonyl (C=O) groups is 2. The van der Waals surface area contributed by atoms with Crippen LogP contribution in [0.2, 0.25) is 0 Å². The van der Waals surface area contributed by atoms with Gasteiger partial charge in [0, 0.05) is 29.6 Å². The van der Waals surface area contributed by atoms with Gasteiger partial charge in [0.1, 0.15) is 17.2 Å². The van der Waals surface area contributed by atoms with E-state index < -0.39 is 24.0 Å². The smallest absolute Gasteiger partial charge is 0.270 e. The molecule has 4 aromatic rings. The summed E-state index contributed by atoms with van der Waals surface area (Å²) in [7, 11) is 0. The first-order chi connectivity index (χ1) is 16.8. The van der Waals surface area contributed by atoms with E-state index in [2.05, 4.69) is 36.6 Å². The second-order valence-electron chi connectivity index (χ2n) is 8.46. The minimum Gasteiger partial charge on any atom is -0.390 e. The molecule has 178 valence electrons. The Morgan fingerprint density at radius 1 is 1.17 bits per heavy atom. The van der Waals surface area contributed by atoms with Crippen molar-refractivity contribution >= 4 is 33.4 Å². The Morgan fingerprint density at radius 2 is 2.00 bits per heavy atom. The molecule has 10 heteroatoms. The number of hydrogen-bond donors (Lipinski definition) is 3. The highest BCUT2D eigenvalue weighted by Crippen LogP contribution is 2.33. The van der Waals surface area contributed by atoms with Crippen molar-refractivity contribution in [2.24, 2.45) is 0 Å². The molecule has 0 radical (unpaired) electrons. The Morgan fingerprint density at radius 3 is 2.80 bits per heavy atom. The number of nitrogens with zero attached hydrogens (tertiary/aromatic N) is 3. The number of aryl methyl sites for hydroxylation is 1. The highest BCUT2D eigenvalue weighted by atomic mass is 79.9. The van der Waals surface area contributed by atoms with E-state index in [1.54, 1.807) is 25.1 Å². The molecular weight excluding hydrogens is 517 g/mol. The van der Waals surface area contributed by atoms with Crippen LogP contribution in [0.15, 0.2) is 59.2 Å². The molecule has 0 fully saturated rings. The predicted octanol–water partition coefficient (Wildman–Crippen LogP) is 3.26. The summed E-state index contributed by atoms with van der Waals surface area (Å²) in [6.07, 6.45) is 1.13. The van der Waals surface area contributed by atoms with Crippen LogP contribution in [0.5, 0.6) is 0 Å². The summed E-state index contributed by atoms with van der Waals surface area (Å²) in [5.74, 6) is -1.30. The number of fused-ring (bicyclic) bond motifs is 2. The van der Waals surface area contributed by atoms with Crippen LogP contribution in [0, 0.1) is 12.7 Å². The highest BCUT2D eigenvalue weighted by Gasteiger charge is 2.33. The fraction of sp³-hybridized carbons (Fsp3) is 0.200. The first kappa shape index (κ1) is 23.1. The van der Waals surface area contributed by atoms with Gasteiger partial charge in [-0.1, -0.05) is 34.1 Å². The molecule has 1 aliphatic carbocycles. The van der Waals surface area contributed by atoms with Crippen molar-refractivity contribution in [2.45, 2.75) is 32.0 Å². The summed E-state index contributed by atoms with van der Waals surface area (Å²) in [6.45, 7) is 1.83. The molecule has 0 aliphatic heterocycles. The maximum Gasteiger partial charge on any atom is 0.270 e. The van der Waals surface area contributed by atoms with E-state index in [1.165, 1.54) is 22.8 Å². The number of hydrogen-bond acceptors (Lipinski definition) is 5. The van der Waals surface area contributed by atoms with E-state index in [1.807, 2.05) is 18.2 Å². The van der Waals surface area contributed by atoms with E-state index in [4.69, 9.17) is 0 Å². The standard InChI is InChI=1S/C25H21BrFN5O3/c1-13-8-14(2-5-18(13)27)12-28-24(34)19-11-20(32-22(30-19)6-7-29-32)25(35)31-23-17-4-3-16(26)9-15(17)10-21(23)33/h2-9,11,21,23,33H,10,12H2,1H3,(H,28,34)(H,31,35)/t21-,23-/m1/s1. The molecule has 1 aliphatic rings. The second kappa shape index (κ2) is 9.20. The van der Waals surface area contributed by atoms with E-state index in [0.717, 1.165) is 21.2 Å². The number of carbonyl (C=O) groups excluding carboxylic acids is 2. The van der Waals surface area contributed by atoms with Gasteiger partial charge >= 0.3 is 0 Å². The average molecular weight is 538 g/mol. The van der Waals surface area contributed by atoms with Gasteiger partial charge in [-0.3, -0.25) is 9.59 Å². The molecule has 0 saturated heterocycles. The van der Waals surface area contributed by atoms with Gasteiger partial charge in [0.15, 0.2) is 5.65 Å². The second-order valence-corrected chi connectivity index (χ2v) is 9.38. The van der Waals surface area contributed by atoms with E-state index in [-0.39, 0.29) is 23.7 Å². The van der Waals surface area contributed by atoms with Gasteiger partial charge in [-0.2, -0.15) is 5.10 Å². The van der Waals surface area contributed by atoms with Gasteiger partial charge in [-0.15, -0.1) is 0 Å². The van der Waals surface area contributed by atoms with Crippen molar-refractivity contribution < 1.29 is 19.1 Å². The minimum atomic E-state index is -0.778. The fourth-order valence-electron chi connectivity index (χ4n) is 4.27. The maximum atomic E-state index is 13.5. The van der Waals surface area contributed by atoms with Crippen LogP contribution in [0.4, 0.5) is 4.39 Å². The summed E-state index contributed by atoms with van der Waals surface area (Å²) in [5, 5.41) is 20.4. The largest absolute Gasteiger partial charge is 0.390 e. The molecule has 3 N–H and O–H groups in total. The van der Waals surface area contributed by atoms with Gasteiger partial charge in [0.25, 0.3) is 11.8 Å². The number of aliphatic hydroxyl groups excluding tert-OH is 1. The van der Waals surface area contributed by atoms with Crippen molar-refractivity contribution in [1.29, 1.82) is 0 Å². The minimum absolute atomic E-state index is 0.0401. The Balaban J connectivity index is 1.39. The van der Waals surface area contributed by atoms with Gasteiger partial charge in [-0.25, -0.2) is 13.9 Å². The highest BCUT2D eigenvalue weighted by molar-refractivity contribution is 9.10. The molecule has 0 unspecified atom stereocenters. The Labute approximate surface area is 208 Å². The molecule has 2 amide bonds. The number of amides is 2. The topological polar surface area (TPSA) is 109 Å². The number of halogens is 2. The third-order valence-corrected chi connectivity index (χ3v) is 6.53. The first-order valence-corrected chi connectivity index (χ1v) is 11.7. The lowest BCUT2D eigenvalue weighted by atomic mass is 10.1. The van der Waals surface area contributed by atoms with Crippen LogP contribution in [-0.4, -0.2) is 37.6 Å². The zero-order valence-electron chi connectivity index (χ0n) is 18.6. The third-order valence-electron chi connectivity index (χ3n) is 6.04. The van der Waals surface area contributed by atoms with Crippen molar-refractivity contribution in [3.05, 3.63) is 98.7 Å². The summed E-state index contributed by atoms with van der Waals surface area (Å²) >= 11 is 3.43. The van der Waals surface area contributed by atoms with Crippen LogP contribution in [0.25, 0.3) is 5.65 Å². The fourth-order valence-corrected chi connectivity index (χ4v) is 4.68. The van der Waals surface area contributed by atoms with Crippen LogP contribution in [0.1, 0.15) is 49.3 Å². The summed E-state index contributed by atoms with van der Waals surface area (Å²) < 4.78 is 15.8. The molecule has 5 rings (SSSR count). The predicted molar refractivity (Wildman–Crippen MR) is 129 cm³/mol. The Bertz CT molecular complexity index is 1470. The first-order valence-electron chi connectivity index (χ1n) is 11.0. The Hall–Kier alpha value is -3.63. The number of aliphatic hydroxyl groups is 1. The molecule has 0 saturated carbocycles. The molecule has 2 heterocycles. The average Bonchev–Trinajstić information content (AvgIpc) is 3.42. The van der Waals surface area contributed by atoms with Crippen LogP contribution < -0.4 is 10.6 Å². The Kier molecular flexibility index (Phi) is 6.08. The molecule has 0 spiro atoms. The molecule has 2 aromatic heterocycles. The van der Waals surface area contributed by atoms with E-state index in [9.17, 15) is 19.1 Å². The molecule has 2 atom stereocenters. The lowest BCUT2D eigenvalue weighted by Gasteiger charge is -2.18. The summed E-state index contributed by atoms with van der Waals surface area (Å²) in [4.78, 5) is 30.4. The third kappa shape index (κ3) is 4.54. The zero-order chi connectivity index (χ0) is 24.7. The number of benzene rings is 2. The number of aromatic nitrogens is 3. The summed E-state index contributed by atoms with van der Waals surface area (Å²) in [6, 6.07) is 12.6. The van der Waals surface area contributed by atoms with Crippen molar-refractivity contribution in [3.8, 4) is 0 Å². The lowest BCUT2D eigenvalue weighted by molar-refractivity contribution is 0.0850. The van der Waals surface area contributed by atoms with Gasteiger partial charge in [0.05, 0.1) is 18.3 Å². The van der Waals surface area contributed by atoms with Crippen molar-refractivity contribution in [2.75, 3.05) is 0 Å². The molecule has 35 heavy (non-hydrogen) atoms. The van der Waals surface area contributed by atoms with Crippen LogP contribution >= 0.6 is 15.9 Å².